The lowest BCUT2D eigenvalue weighted by molar-refractivity contribution is 0.192. The summed E-state index contributed by atoms with van der Waals surface area (Å²) in [6, 6.07) is 12.2. The topological polar surface area (TPSA) is 24.5 Å². The summed E-state index contributed by atoms with van der Waals surface area (Å²) in [5, 5.41) is 3.96. The van der Waals surface area contributed by atoms with E-state index in [0.29, 0.717) is 10.6 Å². The van der Waals surface area contributed by atoms with Gasteiger partial charge in [-0.2, -0.15) is 0 Å². The van der Waals surface area contributed by atoms with E-state index in [9.17, 15) is 4.39 Å². The first-order chi connectivity index (χ1) is 11.2. The monoisotopic (exact) mass is 334 g/mol. The molecule has 0 aromatic heterocycles. The van der Waals surface area contributed by atoms with Gasteiger partial charge in [-0.25, -0.2) is 4.39 Å². The fraction of sp³-hybridized carbons (Fsp3) is 0.333. The van der Waals surface area contributed by atoms with Crippen LogP contribution in [0, 0.1) is 5.82 Å². The molecule has 0 saturated carbocycles. The van der Waals surface area contributed by atoms with E-state index in [0.717, 1.165) is 37.5 Å². The molecule has 1 fully saturated rings. The van der Waals surface area contributed by atoms with Gasteiger partial charge in [0.25, 0.3) is 0 Å². The first kappa shape index (κ1) is 16.2. The van der Waals surface area contributed by atoms with Crippen LogP contribution in [0.5, 0.6) is 5.75 Å². The van der Waals surface area contributed by atoms with Crippen LogP contribution in [-0.4, -0.2) is 38.2 Å². The predicted molar refractivity (Wildman–Crippen MR) is 90.7 cm³/mol. The second-order valence-electron chi connectivity index (χ2n) is 5.60. The summed E-state index contributed by atoms with van der Waals surface area (Å²) >= 11 is 6.20. The zero-order chi connectivity index (χ0) is 16.2. The number of benzene rings is 2. The number of ether oxygens (including phenoxy) is 1. The Bertz CT molecular complexity index is 674. The lowest BCUT2D eigenvalue weighted by atomic mass is 9.95. The fourth-order valence-electron chi connectivity index (χ4n) is 3.12. The van der Waals surface area contributed by atoms with Crippen molar-refractivity contribution < 1.29 is 9.13 Å². The summed E-state index contributed by atoms with van der Waals surface area (Å²) in [5.74, 6) is 0.513. The van der Waals surface area contributed by atoms with Crippen LogP contribution in [0.4, 0.5) is 4.39 Å². The van der Waals surface area contributed by atoms with Gasteiger partial charge < -0.3 is 10.1 Å². The third kappa shape index (κ3) is 3.50. The molecule has 3 rings (SSSR count). The molecular formula is C18H20ClFN2O. The minimum Gasteiger partial charge on any atom is -0.496 e. The average molecular weight is 335 g/mol. The first-order valence-corrected chi connectivity index (χ1v) is 8.11. The lowest BCUT2D eigenvalue weighted by Crippen LogP contribution is -2.45. The zero-order valence-electron chi connectivity index (χ0n) is 13.1. The Morgan fingerprint density at radius 2 is 1.87 bits per heavy atom. The highest BCUT2D eigenvalue weighted by Crippen LogP contribution is 2.37. The number of hydrogen-bond acceptors (Lipinski definition) is 3. The first-order valence-electron chi connectivity index (χ1n) is 7.73. The Balaban J connectivity index is 2.12. The summed E-state index contributed by atoms with van der Waals surface area (Å²) < 4.78 is 20.0. The number of piperazine rings is 1. The second-order valence-corrected chi connectivity index (χ2v) is 6.03. The molecule has 1 aliphatic rings. The number of methoxy groups -OCH3 is 1. The summed E-state index contributed by atoms with van der Waals surface area (Å²) in [5.41, 5.74) is 1.54. The van der Waals surface area contributed by atoms with Crippen molar-refractivity contribution in [2.24, 2.45) is 0 Å². The van der Waals surface area contributed by atoms with Gasteiger partial charge in [0.1, 0.15) is 11.6 Å². The number of halogens is 2. The van der Waals surface area contributed by atoms with Crippen molar-refractivity contribution in [1.29, 1.82) is 0 Å². The van der Waals surface area contributed by atoms with Crippen LogP contribution in [0.25, 0.3) is 0 Å². The second kappa shape index (κ2) is 7.30. The Morgan fingerprint density at radius 1 is 1.13 bits per heavy atom. The third-order valence-corrected chi connectivity index (χ3v) is 4.44. The van der Waals surface area contributed by atoms with Crippen molar-refractivity contribution in [2.45, 2.75) is 6.04 Å². The molecule has 1 saturated heterocycles. The van der Waals surface area contributed by atoms with E-state index < -0.39 is 0 Å². The maximum Gasteiger partial charge on any atom is 0.128 e. The molecule has 1 aliphatic heterocycles. The SMILES string of the molecule is COc1ccc(Cl)cc1C(c1ccccc1F)N1CCNCC1. The van der Waals surface area contributed by atoms with Crippen molar-refractivity contribution in [1.82, 2.24) is 10.2 Å². The van der Waals surface area contributed by atoms with E-state index in [2.05, 4.69) is 10.2 Å². The van der Waals surface area contributed by atoms with Crippen molar-refractivity contribution in [3.63, 3.8) is 0 Å². The molecular weight excluding hydrogens is 315 g/mol. The molecule has 0 amide bonds. The zero-order valence-corrected chi connectivity index (χ0v) is 13.8. The van der Waals surface area contributed by atoms with Gasteiger partial charge in [-0.1, -0.05) is 29.8 Å². The van der Waals surface area contributed by atoms with E-state index >= 15 is 0 Å². The smallest absolute Gasteiger partial charge is 0.128 e. The molecule has 0 aliphatic carbocycles. The van der Waals surface area contributed by atoms with Crippen LogP contribution in [0.15, 0.2) is 42.5 Å². The molecule has 3 nitrogen and oxygen atoms in total. The standard InChI is InChI=1S/C18H20ClFN2O/c1-23-17-7-6-13(19)12-15(17)18(22-10-8-21-9-11-22)14-4-2-3-5-16(14)20/h2-7,12,18,21H,8-11H2,1H3. The maximum atomic E-state index is 14.5. The van der Waals surface area contributed by atoms with E-state index in [4.69, 9.17) is 16.3 Å². The summed E-state index contributed by atoms with van der Waals surface area (Å²) in [6.07, 6.45) is 0. The normalized spacial score (nSPS) is 17.0. The van der Waals surface area contributed by atoms with Gasteiger partial charge in [0.2, 0.25) is 0 Å². The van der Waals surface area contributed by atoms with Gasteiger partial charge in [-0.3, -0.25) is 4.90 Å². The summed E-state index contributed by atoms with van der Waals surface area (Å²) in [6.45, 7) is 3.45. The van der Waals surface area contributed by atoms with Gasteiger partial charge in [-0.15, -0.1) is 0 Å². The van der Waals surface area contributed by atoms with Crippen LogP contribution in [0.2, 0.25) is 5.02 Å². The van der Waals surface area contributed by atoms with Crippen molar-refractivity contribution in [3.05, 3.63) is 64.4 Å². The lowest BCUT2D eigenvalue weighted by Gasteiger charge is -2.36. The fourth-order valence-corrected chi connectivity index (χ4v) is 3.30. The quantitative estimate of drug-likeness (QED) is 0.926. The molecule has 0 bridgehead atoms. The average Bonchev–Trinajstić information content (AvgIpc) is 2.58. The van der Waals surface area contributed by atoms with Crippen LogP contribution >= 0.6 is 11.6 Å². The molecule has 2 aromatic rings. The largest absolute Gasteiger partial charge is 0.496 e. The van der Waals surface area contributed by atoms with Gasteiger partial charge in [0.05, 0.1) is 13.2 Å². The minimum atomic E-state index is -0.216. The van der Waals surface area contributed by atoms with Gasteiger partial charge in [-0.05, 0) is 24.3 Å². The molecule has 1 atom stereocenters. The van der Waals surface area contributed by atoms with Crippen LogP contribution in [0.3, 0.4) is 0 Å². The van der Waals surface area contributed by atoms with E-state index in [-0.39, 0.29) is 11.9 Å². The van der Waals surface area contributed by atoms with Gasteiger partial charge in [0.15, 0.2) is 0 Å². The molecule has 23 heavy (non-hydrogen) atoms. The van der Waals surface area contributed by atoms with Crippen LogP contribution < -0.4 is 10.1 Å². The van der Waals surface area contributed by atoms with E-state index in [1.165, 1.54) is 6.07 Å². The molecule has 1 heterocycles. The van der Waals surface area contributed by atoms with Crippen LogP contribution in [0.1, 0.15) is 17.2 Å². The molecule has 1 unspecified atom stereocenters. The highest BCUT2D eigenvalue weighted by atomic mass is 35.5. The highest BCUT2D eigenvalue weighted by Gasteiger charge is 2.28. The van der Waals surface area contributed by atoms with Crippen LogP contribution in [-0.2, 0) is 0 Å². The van der Waals surface area contributed by atoms with E-state index in [1.54, 1.807) is 19.2 Å². The number of rotatable bonds is 4. The molecule has 122 valence electrons. The van der Waals surface area contributed by atoms with Gasteiger partial charge >= 0.3 is 0 Å². The molecule has 5 heteroatoms. The summed E-state index contributed by atoms with van der Waals surface area (Å²) in [7, 11) is 1.63. The molecule has 0 radical (unpaired) electrons. The minimum absolute atomic E-state index is 0.210. The number of nitrogens with one attached hydrogen (secondary N) is 1. The highest BCUT2D eigenvalue weighted by molar-refractivity contribution is 6.30. The molecule has 0 spiro atoms. The molecule has 2 aromatic carbocycles. The van der Waals surface area contributed by atoms with E-state index in [1.807, 2.05) is 24.3 Å². The Hall–Kier alpha value is -1.62. The van der Waals surface area contributed by atoms with Crippen molar-refractivity contribution in [3.8, 4) is 5.75 Å². The third-order valence-electron chi connectivity index (χ3n) is 4.20. The van der Waals surface area contributed by atoms with Crippen molar-refractivity contribution in [2.75, 3.05) is 33.3 Å². The maximum absolute atomic E-state index is 14.5. The number of nitrogens with zero attached hydrogens (tertiary/aromatic N) is 1. The Labute approximate surface area is 141 Å². The number of hydrogen-bond donors (Lipinski definition) is 1. The Kier molecular flexibility index (Phi) is 5.16. The van der Waals surface area contributed by atoms with Gasteiger partial charge in [0, 0.05) is 42.3 Å². The Morgan fingerprint density at radius 3 is 2.57 bits per heavy atom. The van der Waals surface area contributed by atoms with Crippen molar-refractivity contribution >= 4 is 11.6 Å². The summed E-state index contributed by atoms with van der Waals surface area (Å²) in [4.78, 5) is 2.27. The molecule has 1 N–H and O–H groups in total. The predicted octanol–water partition coefficient (Wildman–Crippen LogP) is 3.48.